The summed E-state index contributed by atoms with van der Waals surface area (Å²) < 4.78 is 48.2. The molecule has 3 heterocycles. The molecule has 3 aliphatic heterocycles. The van der Waals surface area contributed by atoms with Crippen LogP contribution in [-0.4, -0.2) is 104 Å². The molecular weight excluding hydrogens is 560 g/mol. The van der Waals surface area contributed by atoms with E-state index in [4.69, 9.17) is 9.47 Å². The number of nitrogens with one attached hydrogen (secondary N) is 2. The van der Waals surface area contributed by atoms with Gasteiger partial charge in [-0.3, -0.25) is 23.2 Å². The number of nitrogens with zero attached hydrogens (tertiary/aromatic N) is 1. The van der Waals surface area contributed by atoms with Crippen LogP contribution >= 0.6 is 15.6 Å². The number of amides is 2. The zero-order valence-electron chi connectivity index (χ0n) is 19.9. The zero-order chi connectivity index (χ0) is 28.6. The van der Waals surface area contributed by atoms with Crippen LogP contribution in [0.3, 0.4) is 0 Å². The maximum Gasteiger partial charge on any atom is 0.478 e. The Kier molecular flexibility index (Phi) is 9.53. The van der Waals surface area contributed by atoms with Gasteiger partial charge in [0.1, 0.15) is 36.3 Å². The van der Waals surface area contributed by atoms with Crippen LogP contribution in [-0.2, 0) is 41.6 Å². The SMILES string of the molecule is C=C1NC(=O)C=CN1[C@@H]1O[C@H](COP(=O)(O)OP(=O)([O-])O[C@@H]2OC(C)[C@H](O)[C@H](NC(C)=O)C2O)C(O)[C@@H]1O. The monoisotopic (exact) mass is 588 g/mol. The molecule has 0 spiro atoms. The lowest BCUT2D eigenvalue weighted by Gasteiger charge is -2.42. The number of rotatable bonds is 9. The Morgan fingerprint density at radius 2 is 1.87 bits per heavy atom. The number of phosphoric acid groups is 2. The van der Waals surface area contributed by atoms with Gasteiger partial charge in [-0.1, -0.05) is 6.58 Å². The molecule has 2 saturated heterocycles. The van der Waals surface area contributed by atoms with Crippen molar-refractivity contribution in [3.05, 3.63) is 24.7 Å². The normalized spacial score (nSPS) is 38.8. The van der Waals surface area contributed by atoms with Gasteiger partial charge in [-0.05, 0) is 6.92 Å². The van der Waals surface area contributed by atoms with E-state index in [2.05, 4.69) is 30.6 Å². The molecule has 3 aliphatic rings. The molecule has 0 aromatic heterocycles. The molecular formula is C18H28N3O15P2-. The average Bonchev–Trinajstić information content (AvgIpc) is 3.06. The molecule has 18 nitrogen and oxygen atoms in total. The van der Waals surface area contributed by atoms with Gasteiger partial charge in [-0.25, -0.2) is 8.88 Å². The molecule has 0 bridgehead atoms. The summed E-state index contributed by atoms with van der Waals surface area (Å²) in [6, 6.07) is -1.40. The Morgan fingerprint density at radius 1 is 1.21 bits per heavy atom. The van der Waals surface area contributed by atoms with Gasteiger partial charge in [0.2, 0.25) is 5.91 Å². The Hall–Kier alpha value is -1.76. The summed E-state index contributed by atoms with van der Waals surface area (Å²) in [5, 5.41) is 45.4. The second-order valence-corrected chi connectivity index (χ2v) is 11.5. The molecule has 5 unspecified atom stereocenters. The molecule has 38 heavy (non-hydrogen) atoms. The van der Waals surface area contributed by atoms with Gasteiger partial charge in [0.25, 0.3) is 13.7 Å². The van der Waals surface area contributed by atoms with Crippen LogP contribution in [0.2, 0.25) is 0 Å². The summed E-state index contributed by atoms with van der Waals surface area (Å²) in [6.45, 7) is 5.00. The minimum absolute atomic E-state index is 0.00521. The lowest BCUT2D eigenvalue weighted by Crippen LogP contribution is -2.63. The second-order valence-electron chi connectivity index (χ2n) is 8.52. The minimum Gasteiger partial charge on any atom is -0.756 e. The standard InChI is InChI=1S/C18H29N3O15P2/c1-7-13(24)12(20-9(3)22)15(26)18(33-7)35-38(30,31)36-37(28,29)32-6-10-14(25)16(27)17(34-10)21-5-4-11(23)19-8(21)2/h4-5,7,10,12-18,24-27H,2,6H2,1,3H3,(H,19,23)(H,20,22)(H,28,29)(H,30,31)/p-1/t7?,10-,12+,13+,14?,15?,16+,17-,18+/m1/s1. The Labute approximate surface area is 215 Å². The van der Waals surface area contributed by atoms with E-state index in [-0.39, 0.29) is 5.82 Å². The van der Waals surface area contributed by atoms with E-state index in [0.29, 0.717) is 0 Å². The second kappa shape index (κ2) is 11.8. The highest BCUT2D eigenvalue weighted by molar-refractivity contribution is 7.60. The predicted molar refractivity (Wildman–Crippen MR) is 118 cm³/mol. The van der Waals surface area contributed by atoms with E-state index in [1.807, 2.05) is 0 Å². The largest absolute Gasteiger partial charge is 0.756 e. The topological polar surface area (TPSA) is 266 Å². The van der Waals surface area contributed by atoms with Crippen LogP contribution in [0.4, 0.5) is 0 Å². The Morgan fingerprint density at radius 3 is 2.47 bits per heavy atom. The van der Waals surface area contributed by atoms with E-state index >= 15 is 0 Å². The van der Waals surface area contributed by atoms with Gasteiger partial charge < -0.3 is 55.2 Å². The molecule has 2 amide bonds. The lowest BCUT2D eigenvalue weighted by molar-refractivity contribution is -0.280. The fourth-order valence-electron chi connectivity index (χ4n) is 3.81. The average molecular weight is 588 g/mol. The maximum absolute atomic E-state index is 12.3. The van der Waals surface area contributed by atoms with Crippen molar-refractivity contribution in [3.63, 3.8) is 0 Å². The predicted octanol–water partition coefficient (Wildman–Crippen LogP) is -3.56. The van der Waals surface area contributed by atoms with E-state index in [0.717, 1.165) is 13.0 Å². The lowest BCUT2D eigenvalue weighted by atomic mass is 9.97. The molecule has 0 aromatic carbocycles. The van der Waals surface area contributed by atoms with Crippen molar-refractivity contribution in [2.75, 3.05) is 6.61 Å². The van der Waals surface area contributed by atoms with Crippen molar-refractivity contribution in [3.8, 4) is 0 Å². The number of carbonyl (C=O) groups is 2. The van der Waals surface area contributed by atoms with Crippen LogP contribution in [0, 0.1) is 0 Å². The van der Waals surface area contributed by atoms with Crippen molar-refractivity contribution in [1.82, 2.24) is 15.5 Å². The van der Waals surface area contributed by atoms with Crippen LogP contribution in [0.5, 0.6) is 0 Å². The van der Waals surface area contributed by atoms with Crippen LogP contribution < -0.4 is 15.5 Å². The van der Waals surface area contributed by atoms with Gasteiger partial charge in [0, 0.05) is 19.2 Å². The quantitative estimate of drug-likeness (QED) is 0.128. The fraction of sp³-hybridized carbons (Fsp3) is 0.667. The first-order chi connectivity index (χ1) is 17.5. The zero-order valence-corrected chi connectivity index (χ0v) is 21.7. The first-order valence-electron chi connectivity index (χ1n) is 11.0. The van der Waals surface area contributed by atoms with Crippen molar-refractivity contribution in [2.45, 2.75) is 69.0 Å². The summed E-state index contributed by atoms with van der Waals surface area (Å²) in [4.78, 5) is 46.0. The van der Waals surface area contributed by atoms with E-state index in [1.54, 1.807) is 0 Å². The molecule has 2 fully saturated rings. The number of aliphatic hydroxyl groups excluding tert-OH is 4. The molecule has 216 valence electrons. The van der Waals surface area contributed by atoms with Gasteiger partial charge in [0.05, 0.1) is 18.8 Å². The highest BCUT2D eigenvalue weighted by Gasteiger charge is 2.48. The van der Waals surface area contributed by atoms with Crippen molar-refractivity contribution < 1.29 is 71.8 Å². The minimum atomic E-state index is -5.75. The summed E-state index contributed by atoms with van der Waals surface area (Å²) in [5.41, 5.74) is 0. The van der Waals surface area contributed by atoms with Crippen molar-refractivity contribution in [1.29, 1.82) is 0 Å². The molecule has 0 radical (unpaired) electrons. The first-order valence-corrected chi connectivity index (χ1v) is 13.9. The van der Waals surface area contributed by atoms with Gasteiger partial charge in [-0.2, -0.15) is 0 Å². The van der Waals surface area contributed by atoms with Gasteiger partial charge in [0.15, 0.2) is 12.5 Å². The molecule has 0 saturated carbocycles. The molecule has 3 rings (SSSR count). The number of aliphatic hydroxyl groups is 4. The van der Waals surface area contributed by atoms with E-state index < -0.39 is 89.3 Å². The van der Waals surface area contributed by atoms with Gasteiger partial charge in [-0.15, -0.1) is 0 Å². The summed E-state index contributed by atoms with van der Waals surface area (Å²) in [7, 11) is -11.2. The van der Waals surface area contributed by atoms with Crippen molar-refractivity contribution >= 4 is 27.5 Å². The molecule has 7 N–H and O–H groups in total. The number of phosphoric ester groups is 2. The highest BCUT2D eigenvalue weighted by Crippen LogP contribution is 2.59. The summed E-state index contributed by atoms with van der Waals surface area (Å²) in [6.07, 6.45) is -10.3. The van der Waals surface area contributed by atoms with Crippen LogP contribution in [0.15, 0.2) is 24.7 Å². The Bertz CT molecular complexity index is 1060. The number of ether oxygens (including phenoxy) is 2. The van der Waals surface area contributed by atoms with E-state index in [9.17, 15) is 48.9 Å². The first kappa shape index (κ1) is 30.8. The third-order valence-corrected chi connectivity index (χ3v) is 8.20. The maximum atomic E-state index is 12.3. The smallest absolute Gasteiger partial charge is 0.478 e. The van der Waals surface area contributed by atoms with Crippen LogP contribution in [0.1, 0.15) is 13.8 Å². The van der Waals surface area contributed by atoms with E-state index in [1.165, 1.54) is 18.0 Å². The number of hydrogen-bond donors (Lipinski definition) is 7. The third-order valence-electron chi connectivity index (χ3n) is 5.63. The van der Waals surface area contributed by atoms with Gasteiger partial charge >= 0.3 is 7.82 Å². The number of hydrogen-bond acceptors (Lipinski definition) is 15. The molecule has 0 aliphatic carbocycles. The molecule has 20 heteroatoms. The van der Waals surface area contributed by atoms with Crippen LogP contribution in [0.25, 0.3) is 0 Å². The highest BCUT2D eigenvalue weighted by atomic mass is 31.3. The third kappa shape index (κ3) is 7.25. The Balaban J connectivity index is 1.59. The summed E-state index contributed by atoms with van der Waals surface area (Å²) in [5.74, 6) is -1.15. The summed E-state index contributed by atoms with van der Waals surface area (Å²) >= 11 is 0. The molecule has 0 aromatic rings. The number of carbonyl (C=O) groups excluding carboxylic acids is 2. The van der Waals surface area contributed by atoms with Crippen molar-refractivity contribution in [2.24, 2.45) is 0 Å². The molecule has 11 atom stereocenters. The fourth-order valence-corrected chi connectivity index (χ4v) is 5.93.